The molecule has 8 nitrogen and oxygen atoms in total. The highest BCUT2D eigenvalue weighted by atomic mass is 32.2. The molecule has 2 N–H and O–H groups in total. The van der Waals surface area contributed by atoms with Gasteiger partial charge in [0, 0.05) is 30.1 Å². The number of benzene rings is 1. The summed E-state index contributed by atoms with van der Waals surface area (Å²) in [7, 11) is -3.32. The molecule has 1 saturated heterocycles. The lowest BCUT2D eigenvalue weighted by atomic mass is 10.0. The van der Waals surface area contributed by atoms with E-state index >= 15 is 0 Å². The van der Waals surface area contributed by atoms with Gasteiger partial charge in [0.15, 0.2) is 0 Å². The zero-order chi connectivity index (χ0) is 24.6. The summed E-state index contributed by atoms with van der Waals surface area (Å²) in [6.45, 7) is 4.45. The molecule has 2 aromatic heterocycles. The number of hydrogen-bond donors (Lipinski definition) is 2. The van der Waals surface area contributed by atoms with Gasteiger partial charge in [-0.05, 0) is 26.3 Å². The van der Waals surface area contributed by atoms with Crippen molar-refractivity contribution in [2.45, 2.75) is 38.8 Å². The number of nitrogens with zero attached hydrogens (tertiary/aromatic N) is 4. The smallest absolute Gasteiger partial charge is 0.266 e. The molecule has 0 aliphatic carbocycles. The fourth-order valence-electron chi connectivity index (χ4n) is 4.14. The molecule has 4 rings (SSSR count). The molecular weight excluding hydrogens is 469 g/mol. The van der Waals surface area contributed by atoms with Gasteiger partial charge in [-0.3, -0.25) is 0 Å². The number of anilines is 2. The highest BCUT2D eigenvalue weighted by Crippen LogP contribution is 2.31. The average Bonchev–Trinajstić information content (AvgIpc) is 3.20. The Morgan fingerprint density at radius 3 is 2.65 bits per heavy atom. The van der Waals surface area contributed by atoms with Crippen molar-refractivity contribution < 1.29 is 21.6 Å². The van der Waals surface area contributed by atoms with E-state index in [2.05, 4.69) is 25.0 Å². The van der Waals surface area contributed by atoms with Crippen LogP contribution >= 0.6 is 0 Å². The number of alkyl halides is 2. The molecule has 2 atom stereocenters. The van der Waals surface area contributed by atoms with Gasteiger partial charge in [-0.2, -0.15) is 0 Å². The highest BCUT2D eigenvalue weighted by Gasteiger charge is 2.26. The van der Waals surface area contributed by atoms with Gasteiger partial charge in [0.05, 0.1) is 29.6 Å². The third-order valence-electron chi connectivity index (χ3n) is 5.69. The number of halogens is 3. The molecule has 1 aliphatic rings. The van der Waals surface area contributed by atoms with E-state index in [1.54, 1.807) is 26.1 Å². The molecule has 12 heteroatoms. The molecule has 0 amide bonds. The summed E-state index contributed by atoms with van der Waals surface area (Å²) in [6.07, 6.45) is 0.455. The van der Waals surface area contributed by atoms with E-state index in [1.807, 2.05) is 4.90 Å². The fraction of sp³-hybridized carbons (Fsp3) is 0.409. The van der Waals surface area contributed by atoms with Crippen LogP contribution in [0.5, 0.6) is 0 Å². The largest absolute Gasteiger partial charge is 0.363 e. The van der Waals surface area contributed by atoms with Gasteiger partial charge in [-0.1, -0.05) is 18.2 Å². The molecule has 3 heterocycles. The number of aromatic nitrogens is 3. The monoisotopic (exact) mass is 494 g/mol. The highest BCUT2D eigenvalue weighted by molar-refractivity contribution is 7.88. The third-order valence-corrected chi connectivity index (χ3v) is 6.45. The van der Waals surface area contributed by atoms with Crippen LogP contribution in [0.3, 0.4) is 0 Å². The zero-order valence-corrected chi connectivity index (χ0v) is 19.7. The molecule has 0 bridgehead atoms. The minimum Gasteiger partial charge on any atom is -0.363 e. The second-order valence-corrected chi connectivity index (χ2v) is 10.2. The van der Waals surface area contributed by atoms with Crippen molar-refractivity contribution in [2.24, 2.45) is 0 Å². The molecule has 0 radical (unpaired) electrons. The Morgan fingerprint density at radius 2 is 1.94 bits per heavy atom. The number of sulfonamides is 1. The van der Waals surface area contributed by atoms with E-state index in [0.29, 0.717) is 47.9 Å². The van der Waals surface area contributed by atoms with Gasteiger partial charge in [-0.15, -0.1) is 0 Å². The molecule has 0 saturated carbocycles. The lowest BCUT2D eigenvalue weighted by molar-refractivity contribution is 0.146. The molecular formula is C22H25F3N6O2S. The predicted octanol–water partition coefficient (Wildman–Crippen LogP) is 3.71. The van der Waals surface area contributed by atoms with Crippen molar-refractivity contribution in [1.29, 1.82) is 0 Å². The first-order chi connectivity index (χ1) is 16.0. The summed E-state index contributed by atoms with van der Waals surface area (Å²) in [4.78, 5) is 15.3. The number of fused-ring (bicyclic) bond motifs is 1. The van der Waals surface area contributed by atoms with Crippen LogP contribution in [-0.2, 0) is 10.0 Å². The maximum atomic E-state index is 14.7. The zero-order valence-electron chi connectivity index (χ0n) is 18.9. The van der Waals surface area contributed by atoms with Crippen LogP contribution in [0.15, 0.2) is 30.5 Å². The van der Waals surface area contributed by atoms with Crippen LogP contribution in [0.25, 0.3) is 10.9 Å². The molecule has 1 aromatic carbocycles. The van der Waals surface area contributed by atoms with Gasteiger partial charge in [0.25, 0.3) is 6.43 Å². The quantitative estimate of drug-likeness (QED) is 0.517. The Bertz CT molecular complexity index is 1320. The molecule has 182 valence electrons. The lowest BCUT2D eigenvalue weighted by Gasteiger charge is -2.20. The molecule has 3 aromatic rings. The third kappa shape index (κ3) is 5.22. The summed E-state index contributed by atoms with van der Waals surface area (Å²) >= 11 is 0. The van der Waals surface area contributed by atoms with Crippen LogP contribution in [-0.4, -0.2) is 48.8 Å². The predicted molar refractivity (Wildman–Crippen MR) is 124 cm³/mol. The van der Waals surface area contributed by atoms with Crippen LogP contribution in [0.4, 0.5) is 24.8 Å². The molecule has 1 aliphatic heterocycles. The van der Waals surface area contributed by atoms with Crippen LogP contribution in [0.2, 0.25) is 0 Å². The van der Waals surface area contributed by atoms with Crippen molar-refractivity contribution >= 4 is 32.6 Å². The van der Waals surface area contributed by atoms with Crippen molar-refractivity contribution in [3.05, 3.63) is 53.2 Å². The lowest BCUT2D eigenvalue weighted by Crippen LogP contribution is -2.36. The van der Waals surface area contributed by atoms with Crippen molar-refractivity contribution in [2.75, 3.05) is 29.6 Å². The number of pyridine rings is 1. The second kappa shape index (κ2) is 9.34. The standard InChI is InChI=1S/C22H25F3N6O2S/c1-12(15-5-4-6-16(20(15)23)21(24)25)27-22-17-9-19(26-10-18(17)28-13(2)29-22)31-8-7-14(11-31)30-34(3,32)33/h4-6,9-10,12,14,21,30H,7-8,11H2,1-3H3,(H,27,28,29)/t12-,14-/m1/s1. The Balaban J connectivity index is 1.64. The summed E-state index contributed by atoms with van der Waals surface area (Å²) in [6, 6.07) is 4.85. The minimum atomic E-state index is -3.32. The van der Waals surface area contributed by atoms with Crippen LogP contribution in [0.1, 0.15) is 42.8 Å². The van der Waals surface area contributed by atoms with E-state index in [-0.39, 0.29) is 11.6 Å². The first kappa shape index (κ1) is 24.1. The van der Waals surface area contributed by atoms with Gasteiger partial charge in [0.1, 0.15) is 23.3 Å². The van der Waals surface area contributed by atoms with Gasteiger partial charge < -0.3 is 10.2 Å². The average molecular weight is 495 g/mol. The first-order valence-corrected chi connectivity index (χ1v) is 12.6. The van der Waals surface area contributed by atoms with Gasteiger partial charge >= 0.3 is 0 Å². The molecule has 34 heavy (non-hydrogen) atoms. The Morgan fingerprint density at radius 1 is 1.21 bits per heavy atom. The molecule has 0 spiro atoms. The molecule has 1 fully saturated rings. The summed E-state index contributed by atoms with van der Waals surface area (Å²) < 4.78 is 66.7. The summed E-state index contributed by atoms with van der Waals surface area (Å²) in [5.74, 6) is 0.568. The number of nitrogens with one attached hydrogen (secondary N) is 2. The van der Waals surface area contributed by atoms with E-state index < -0.39 is 33.9 Å². The van der Waals surface area contributed by atoms with Crippen LogP contribution in [0, 0.1) is 12.7 Å². The van der Waals surface area contributed by atoms with Crippen molar-refractivity contribution in [3.63, 3.8) is 0 Å². The van der Waals surface area contributed by atoms with E-state index in [9.17, 15) is 21.6 Å². The van der Waals surface area contributed by atoms with Crippen molar-refractivity contribution in [1.82, 2.24) is 19.7 Å². The van der Waals surface area contributed by atoms with Gasteiger partial charge in [-0.25, -0.2) is 41.3 Å². The Kier molecular flexibility index (Phi) is 6.63. The normalized spacial score (nSPS) is 17.5. The van der Waals surface area contributed by atoms with Crippen molar-refractivity contribution in [3.8, 4) is 0 Å². The number of hydrogen-bond acceptors (Lipinski definition) is 7. The summed E-state index contributed by atoms with van der Waals surface area (Å²) in [5, 5.41) is 3.76. The Hall–Kier alpha value is -2.99. The first-order valence-electron chi connectivity index (χ1n) is 10.7. The summed E-state index contributed by atoms with van der Waals surface area (Å²) in [5.41, 5.74) is 0.0242. The topological polar surface area (TPSA) is 100 Å². The number of rotatable bonds is 7. The number of aryl methyl sites for hydroxylation is 1. The minimum absolute atomic E-state index is 0.103. The maximum Gasteiger partial charge on any atom is 0.266 e. The van der Waals surface area contributed by atoms with Gasteiger partial charge in [0.2, 0.25) is 10.0 Å². The maximum absolute atomic E-state index is 14.7. The van der Waals surface area contributed by atoms with Crippen LogP contribution < -0.4 is 14.9 Å². The fourth-order valence-corrected chi connectivity index (χ4v) is 4.94. The van der Waals surface area contributed by atoms with E-state index in [0.717, 1.165) is 12.3 Å². The Labute approximate surface area is 195 Å². The molecule has 0 unspecified atom stereocenters. The SMILES string of the molecule is Cc1nc(N[C@H](C)c2cccc(C(F)F)c2F)c2cc(N3CC[C@@H](NS(C)(=O)=O)C3)ncc2n1. The van der Waals surface area contributed by atoms with E-state index in [4.69, 9.17) is 0 Å². The second-order valence-electron chi connectivity index (χ2n) is 8.42. The van der Waals surface area contributed by atoms with E-state index in [1.165, 1.54) is 12.1 Å².